The number of carbonyl (C=O) groups excluding carboxylic acids is 3. The summed E-state index contributed by atoms with van der Waals surface area (Å²) in [6, 6.07) is 3.25. The van der Waals surface area contributed by atoms with Crippen LogP contribution in [-0.4, -0.2) is 46.2 Å². The summed E-state index contributed by atoms with van der Waals surface area (Å²) in [4.78, 5) is 46.6. The van der Waals surface area contributed by atoms with Crippen molar-refractivity contribution >= 4 is 72.7 Å². The molecule has 8 nitrogen and oxygen atoms in total. The lowest BCUT2D eigenvalue weighted by atomic mass is 10.2. The molecule has 1 heterocycles. The molecule has 0 radical (unpaired) electrons. The number of aliphatic carboxylic acids is 1. The number of halogens is 2. The number of carboxylic acid groups (broad SMARTS) is 1. The van der Waals surface area contributed by atoms with Gasteiger partial charge in [0.15, 0.2) is 6.61 Å². The van der Waals surface area contributed by atoms with Gasteiger partial charge in [-0.3, -0.25) is 19.3 Å². The fourth-order valence-electron chi connectivity index (χ4n) is 1.91. The number of hydrogen-bond donors (Lipinski definition) is 2. The minimum Gasteiger partial charge on any atom is -0.480 e. The Balaban J connectivity index is 2.40. The number of thioether (sulfide) groups is 1. The van der Waals surface area contributed by atoms with E-state index in [1.807, 2.05) is 0 Å². The third-order valence-electron chi connectivity index (χ3n) is 2.85. The summed E-state index contributed by atoms with van der Waals surface area (Å²) in [6.45, 7) is -1.09. The van der Waals surface area contributed by atoms with Crippen LogP contribution in [0, 0.1) is 0 Å². The maximum atomic E-state index is 12.3. The molecule has 1 aromatic carbocycles. The Hall–Kier alpha value is -1.85. The summed E-state index contributed by atoms with van der Waals surface area (Å²) in [6.07, 6.45) is 1.39. The Bertz CT molecular complexity index is 811. The van der Waals surface area contributed by atoms with Gasteiger partial charge < -0.3 is 15.6 Å². The van der Waals surface area contributed by atoms with Gasteiger partial charge in [0, 0.05) is 10.0 Å². The number of carboxylic acids is 1. The molecule has 0 unspecified atom stereocenters. The van der Waals surface area contributed by atoms with Crippen LogP contribution in [0.4, 0.5) is 4.79 Å². The lowest BCUT2D eigenvalue weighted by molar-refractivity contribution is -0.139. The maximum Gasteiger partial charge on any atom is 0.341 e. The van der Waals surface area contributed by atoms with Crippen LogP contribution in [0.1, 0.15) is 5.56 Å². The smallest absolute Gasteiger partial charge is 0.341 e. The van der Waals surface area contributed by atoms with Crippen molar-refractivity contribution in [3.05, 3.63) is 31.5 Å². The molecule has 0 aromatic heterocycles. The number of imide groups is 1. The van der Waals surface area contributed by atoms with E-state index < -0.39 is 36.2 Å². The fraction of sp³-hybridized carbons (Fsp3) is 0.143. The summed E-state index contributed by atoms with van der Waals surface area (Å²) >= 11 is 7.20. The van der Waals surface area contributed by atoms with Crippen molar-refractivity contribution in [2.45, 2.75) is 0 Å². The molecule has 1 aliphatic heterocycles. The van der Waals surface area contributed by atoms with Crippen LogP contribution in [0.15, 0.2) is 26.0 Å². The zero-order valence-corrected chi connectivity index (χ0v) is 16.3. The van der Waals surface area contributed by atoms with Gasteiger partial charge in [-0.05, 0) is 45.9 Å². The highest BCUT2D eigenvalue weighted by atomic mass is 79.9. The van der Waals surface area contributed by atoms with Crippen molar-refractivity contribution in [3.8, 4) is 5.75 Å². The SMILES string of the molecule is NC(=O)CN1C(=O)S/C(=C\c2cc(Br)cc(Br)c2OCC(=O)O)C1=O. The van der Waals surface area contributed by atoms with Crippen molar-refractivity contribution in [1.29, 1.82) is 0 Å². The topological polar surface area (TPSA) is 127 Å². The highest BCUT2D eigenvalue weighted by Gasteiger charge is 2.36. The third-order valence-corrected chi connectivity index (χ3v) is 4.81. The maximum absolute atomic E-state index is 12.3. The molecule has 0 atom stereocenters. The number of primary amides is 1. The minimum absolute atomic E-state index is 0.0661. The second-order valence-electron chi connectivity index (χ2n) is 4.72. The quantitative estimate of drug-likeness (QED) is 0.581. The van der Waals surface area contributed by atoms with Gasteiger partial charge in [-0.2, -0.15) is 0 Å². The number of hydrogen-bond acceptors (Lipinski definition) is 6. The van der Waals surface area contributed by atoms with Crippen molar-refractivity contribution in [2.75, 3.05) is 13.2 Å². The van der Waals surface area contributed by atoms with Crippen LogP contribution in [0.5, 0.6) is 5.75 Å². The first-order valence-corrected chi connectivity index (χ1v) is 8.96. The van der Waals surface area contributed by atoms with Gasteiger partial charge in [-0.1, -0.05) is 15.9 Å². The summed E-state index contributed by atoms with van der Waals surface area (Å²) in [7, 11) is 0. The first-order chi connectivity index (χ1) is 11.7. The number of rotatable bonds is 6. The van der Waals surface area contributed by atoms with E-state index in [2.05, 4.69) is 31.9 Å². The van der Waals surface area contributed by atoms with Gasteiger partial charge in [0.05, 0.1) is 9.38 Å². The number of amides is 3. The number of nitrogens with zero attached hydrogens (tertiary/aromatic N) is 1. The molecule has 1 fully saturated rings. The largest absolute Gasteiger partial charge is 0.480 e. The van der Waals surface area contributed by atoms with Crippen LogP contribution in [0.3, 0.4) is 0 Å². The molecule has 25 heavy (non-hydrogen) atoms. The monoisotopic (exact) mass is 492 g/mol. The van der Waals surface area contributed by atoms with Gasteiger partial charge in [-0.15, -0.1) is 0 Å². The molecule has 1 aromatic rings. The molecular formula is C14H10Br2N2O6S. The fourth-order valence-corrected chi connectivity index (χ4v) is 4.11. The average molecular weight is 494 g/mol. The highest BCUT2D eigenvalue weighted by Crippen LogP contribution is 2.38. The van der Waals surface area contributed by atoms with Crippen molar-refractivity contribution in [1.82, 2.24) is 4.90 Å². The third kappa shape index (κ3) is 4.83. The van der Waals surface area contributed by atoms with E-state index in [0.717, 1.165) is 4.90 Å². The molecule has 3 N–H and O–H groups in total. The zero-order chi connectivity index (χ0) is 18.7. The van der Waals surface area contributed by atoms with E-state index in [1.165, 1.54) is 6.08 Å². The molecular weight excluding hydrogens is 484 g/mol. The standard InChI is InChI=1S/C14H10Br2N2O6S/c15-7-1-6(12(8(16)3-7)24-5-11(20)21)2-9-13(22)18(4-10(17)19)14(23)25-9/h1-3H,4-5H2,(H2,17,19)(H,20,21)/b9-2-. The molecule has 1 saturated heterocycles. The predicted octanol–water partition coefficient (Wildman–Crippen LogP) is 2.20. The minimum atomic E-state index is -1.16. The number of ether oxygens (including phenoxy) is 1. The van der Waals surface area contributed by atoms with Crippen molar-refractivity contribution < 1.29 is 29.0 Å². The zero-order valence-electron chi connectivity index (χ0n) is 12.3. The van der Waals surface area contributed by atoms with Crippen LogP contribution in [-0.2, 0) is 14.4 Å². The molecule has 1 aliphatic rings. The molecule has 0 spiro atoms. The Morgan fingerprint density at radius 1 is 1.32 bits per heavy atom. The van der Waals surface area contributed by atoms with Crippen LogP contribution >= 0.6 is 43.6 Å². The lowest BCUT2D eigenvalue weighted by Gasteiger charge is -2.11. The first-order valence-electron chi connectivity index (χ1n) is 6.56. The second kappa shape index (κ2) is 8.02. The molecule has 11 heteroatoms. The molecule has 0 bridgehead atoms. The lowest BCUT2D eigenvalue weighted by Crippen LogP contribution is -2.36. The van der Waals surface area contributed by atoms with E-state index in [4.69, 9.17) is 15.6 Å². The molecule has 3 amide bonds. The number of benzene rings is 1. The van der Waals surface area contributed by atoms with E-state index in [9.17, 15) is 19.2 Å². The van der Waals surface area contributed by atoms with E-state index in [1.54, 1.807) is 12.1 Å². The first kappa shape index (κ1) is 19.5. The normalized spacial score (nSPS) is 15.8. The number of carbonyl (C=O) groups is 4. The van der Waals surface area contributed by atoms with Crippen LogP contribution < -0.4 is 10.5 Å². The Morgan fingerprint density at radius 2 is 2.00 bits per heavy atom. The predicted molar refractivity (Wildman–Crippen MR) is 96.8 cm³/mol. The van der Waals surface area contributed by atoms with Crippen molar-refractivity contribution in [3.63, 3.8) is 0 Å². The molecule has 0 aliphatic carbocycles. The van der Waals surface area contributed by atoms with Gasteiger partial charge in [0.1, 0.15) is 12.3 Å². The molecule has 132 valence electrons. The van der Waals surface area contributed by atoms with Crippen molar-refractivity contribution in [2.24, 2.45) is 5.73 Å². The highest BCUT2D eigenvalue weighted by molar-refractivity contribution is 9.11. The Morgan fingerprint density at radius 3 is 2.60 bits per heavy atom. The molecule has 2 rings (SSSR count). The summed E-state index contributed by atoms with van der Waals surface area (Å²) in [5, 5.41) is 8.16. The molecule has 0 saturated carbocycles. The van der Waals surface area contributed by atoms with E-state index in [0.29, 0.717) is 26.3 Å². The number of nitrogens with two attached hydrogens (primary N) is 1. The summed E-state index contributed by atoms with van der Waals surface area (Å²) in [5.41, 5.74) is 5.41. The van der Waals surface area contributed by atoms with Gasteiger partial charge in [0.2, 0.25) is 5.91 Å². The van der Waals surface area contributed by atoms with Gasteiger partial charge in [0.25, 0.3) is 11.1 Å². The second-order valence-corrected chi connectivity index (χ2v) is 7.49. The Kier molecular flexibility index (Phi) is 6.25. The van der Waals surface area contributed by atoms with Gasteiger partial charge in [-0.25, -0.2) is 4.79 Å². The summed E-state index contributed by atoms with van der Waals surface area (Å²) < 4.78 is 6.35. The summed E-state index contributed by atoms with van der Waals surface area (Å²) in [5.74, 6) is -2.43. The van der Waals surface area contributed by atoms with E-state index >= 15 is 0 Å². The van der Waals surface area contributed by atoms with E-state index in [-0.39, 0.29) is 10.7 Å². The van der Waals surface area contributed by atoms with Crippen LogP contribution in [0.2, 0.25) is 0 Å². The van der Waals surface area contributed by atoms with Gasteiger partial charge >= 0.3 is 5.97 Å². The van der Waals surface area contributed by atoms with Crippen LogP contribution in [0.25, 0.3) is 6.08 Å². The Labute approximate surface area is 162 Å². The average Bonchev–Trinajstić information content (AvgIpc) is 2.73.